The Bertz CT molecular complexity index is 959. The largest absolute Gasteiger partial charge is 0.359 e. The molecule has 3 heterocycles. The Hall–Kier alpha value is -3.05. The van der Waals surface area contributed by atoms with Crippen molar-refractivity contribution in [2.75, 3.05) is 20.1 Å². The van der Waals surface area contributed by atoms with Crippen LogP contribution in [0.25, 0.3) is 11.1 Å². The van der Waals surface area contributed by atoms with Gasteiger partial charge in [-0.15, -0.1) is 0 Å². The molecule has 5 heteroatoms. The maximum absolute atomic E-state index is 13.0. The van der Waals surface area contributed by atoms with Crippen LogP contribution in [0.15, 0.2) is 73.2 Å². The lowest BCUT2D eigenvalue weighted by molar-refractivity contribution is -0.134. The van der Waals surface area contributed by atoms with Crippen molar-refractivity contribution >= 4 is 5.91 Å². The molecule has 1 atom stereocenters. The van der Waals surface area contributed by atoms with Gasteiger partial charge in [0.1, 0.15) is 0 Å². The molecule has 2 aromatic heterocycles. The molecule has 1 saturated heterocycles. The van der Waals surface area contributed by atoms with Crippen LogP contribution in [0, 0.1) is 5.41 Å². The summed E-state index contributed by atoms with van der Waals surface area (Å²) in [6.45, 7) is 2.52. The van der Waals surface area contributed by atoms with E-state index in [1.54, 1.807) is 7.05 Å². The van der Waals surface area contributed by atoms with Crippen molar-refractivity contribution in [3.8, 4) is 11.1 Å². The Labute approximate surface area is 178 Å². The third-order valence-electron chi connectivity index (χ3n) is 5.99. The molecule has 5 nitrogen and oxygen atoms in total. The van der Waals surface area contributed by atoms with Crippen molar-refractivity contribution in [3.05, 3.63) is 84.4 Å². The van der Waals surface area contributed by atoms with Gasteiger partial charge in [0.15, 0.2) is 0 Å². The molecule has 1 aliphatic heterocycles. The molecule has 0 radical (unpaired) electrons. The van der Waals surface area contributed by atoms with Crippen LogP contribution in [0.5, 0.6) is 0 Å². The van der Waals surface area contributed by atoms with Gasteiger partial charge in [-0.25, -0.2) is 0 Å². The van der Waals surface area contributed by atoms with Gasteiger partial charge in [-0.05, 0) is 66.8 Å². The maximum atomic E-state index is 13.0. The van der Waals surface area contributed by atoms with Crippen LogP contribution < -0.4 is 5.32 Å². The normalized spacial score (nSPS) is 19.4. The molecule has 0 saturated carbocycles. The first-order valence-corrected chi connectivity index (χ1v) is 10.5. The van der Waals surface area contributed by atoms with Crippen LogP contribution in [0.3, 0.4) is 0 Å². The number of carbonyl (C=O) groups excluding carboxylic acids is 1. The summed E-state index contributed by atoms with van der Waals surface area (Å²) in [5.41, 5.74) is 4.13. The number of amides is 1. The lowest BCUT2D eigenvalue weighted by Crippen LogP contribution is -2.52. The highest BCUT2D eigenvalue weighted by Crippen LogP contribution is 2.35. The van der Waals surface area contributed by atoms with E-state index < -0.39 is 5.41 Å². The number of hydrogen-bond acceptors (Lipinski definition) is 4. The van der Waals surface area contributed by atoms with E-state index in [1.165, 1.54) is 5.56 Å². The monoisotopic (exact) mass is 400 g/mol. The third-order valence-corrected chi connectivity index (χ3v) is 5.99. The molecular formula is C25H28N4O. The fourth-order valence-corrected chi connectivity index (χ4v) is 4.51. The fraction of sp³-hybridized carbons (Fsp3) is 0.320. The summed E-state index contributed by atoms with van der Waals surface area (Å²) >= 11 is 0. The predicted molar refractivity (Wildman–Crippen MR) is 119 cm³/mol. The number of rotatable bonds is 6. The standard InChI is InChI=1S/C25H28N4O/c1-26-24(30)25(12-4-16-29(19-25)18-23-5-2-3-13-28-23)17-20-6-8-21(9-7-20)22-10-14-27-15-11-22/h2-3,5-11,13-15H,4,12,16-19H2,1H3,(H,26,30)/t25-/m1/s1. The second-order valence-corrected chi connectivity index (χ2v) is 8.10. The fourth-order valence-electron chi connectivity index (χ4n) is 4.51. The Morgan fingerprint density at radius 3 is 2.50 bits per heavy atom. The van der Waals surface area contributed by atoms with Gasteiger partial charge >= 0.3 is 0 Å². The van der Waals surface area contributed by atoms with Crippen LogP contribution in [-0.2, 0) is 17.8 Å². The Morgan fingerprint density at radius 1 is 1.03 bits per heavy atom. The number of pyridine rings is 2. The van der Waals surface area contributed by atoms with Crippen molar-refractivity contribution in [2.24, 2.45) is 5.41 Å². The highest BCUT2D eigenvalue weighted by molar-refractivity contribution is 5.83. The molecule has 30 heavy (non-hydrogen) atoms. The van der Waals surface area contributed by atoms with Gasteiger partial charge < -0.3 is 5.32 Å². The summed E-state index contributed by atoms with van der Waals surface area (Å²) in [6, 6.07) is 18.6. The van der Waals surface area contributed by atoms with Gasteiger partial charge in [0.05, 0.1) is 11.1 Å². The zero-order valence-electron chi connectivity index (χ0n) is 17.4. The predicted octanol–water partition coefficient (Wildman–Crippen LogP) is 3.71. The summed E-state index contributed by atoms with van der Waals surface area (Å²) < 4.78 is 0. The van der Waals surface area contributed by atoms with E-state index in [2.05, 4.69) is 44.5 Å². The lowest BCUT2D eigenvalue weighted by Gasteiger charge is -2.41. The van der Waals surface area contributed by atoms with Crippen molar-refractivity contribution in [1.82, 2.24) is 20.2 Å². The number of carbonyl (C=O) groups is 1. The van der Waals surface area contributed by atoms with E-state index >= 15 is 0 Å². The van der Waals surface area contributed by atoms with E-state index in [4.69, 9.17) is 0 Å². The average molecular weight is 401 g/mol. The maximum Gasteiger partial charge on any atom is 0.227 e. The Morgan fingerprint density at radius 2 is 1.80 bits per heavy atom. The molecule has 4 rings (SSSR count). The zero-order valence-corrected chi connectivity index (χ0v) is 17.4. The van der Waals surface area contributed by atoms with E-state index in [0.29, 0.717) is 0 Å². The summed E-state index contributed by atoms with van der Waals surface area (Å²) in [7, 11) is 1.74. The molecule has 0 spiro atoms. The number of likely N-dealkylation sites (tertiary alicyclic amines) is 1. The van der Waals surface area contributed by atoms with Gasteiger partial charge in [-0.3, -0.25) is 19.7 Å². The number of nitrogens with zero attached hydrogens (tertiary/aromatic N) is 3. The number of piperidine rings is 1. The first kappa shape index (κ1) is 20.2. The summed E-state index contributed by atoms with van der Waals surface area (Å²) in [5.74, 6) is 0.131. The van der Waals surface area contributed by atoms with Crippen LogP contribution >= 0.6 is 0 Å². The number of benzene rings is 1. The second-order valence-electron chi connectivity index (χ2n) is 8.10. The summed E-state index contributed by atoms with van der Waals surface area (Å²) in [5, 5.41) is 2.93. The minimum atomic E-state index is -0.417. The van der Waals surface area contributed by atoms with Crippen LogP contribution in [-0.4, -0.2) is 40.9 Å². The van der Waals surface area contributed by atoms with Crippen molar-refractivity contribution < 1.29 is 4.79 Å². The van der Waals surface area contributed by atoms with Crippen LogP contribution in [0.4, 0.5) is 0 Å². The minimum Gasteiger partial charge on any atom is -0.359 e. The Balaban J connectivity index is 1.52. The highest BCUT2D eigenvalue weighted by Gasteiger charge is 2.41. The average Bonchev–Trinajstić information content (AvgIpc) is 2.80. The molecule has 1 N–H and O–H groups in total. The molecule has 0 unspecified atom stereocenters. The van der Waals surface area contributed by atoms with Crippen molar-refractivity contribution in [3.63, 3.8) is 0 Å². The molecule has 0 bridgehead atoms. The topological polar surface area (TPSA) is 58.1 Å². The van der Waals surface area contributed by atoms with Gasteiger partial charge in [-0.1, -0.05) is 30.3 Å². The number of nitrogens with one attached hydrogen (secondary N) is 1. The summed E-state index contributed by atoms with van der Waals surface area (Å²) in [6.07, 6.45) is 8.09. The van der Waals surface area contributed by atoms with Gasteiger partial charge in [0.2, 0.25) is 5.91 Å². The smallest absolute Gasteiger partial charge is 0.227 e. The van der Waals surface area contributed by atoms with E-state index in [1.807, 2.05) is 48.9 Å². The van der Waals surface area contributed by atoms with Crippen molar-refractivity contribution in [1.29, 1.82) is 0 Å². The zero-order chi connectivity index (χ0) is 20.8. The molecule has 0 aliphatic carbocycles. The lowest BCUT2D eigenvalue weighted by atomic mass is 9.74. The number of aromatic nitrogens is 2. The SMILES string of the molecule is CNC(=O)[C@@]1(Cc2ccc(-c3ccncc3)cc2)CCCN(Cc2ccccn2)C1. The molecule has 1 aliphatic rings. The van der Waals surface area contributed by atoms with Gasteiger partial charge in [0, 0.05) is 38.7 Å². The molecule has 1 fully saturated rings. The molecule has 3 aromatic rings. The quantitative estimate of drug-likeness (QED) is 0.685. The first-order valence-electron chi connectivity index (χ1n) is 10.5. The van der Waals surface area contributed by atoms with Crippen LogP contribution in [0.1, 0.15) is 24.1 Å². The highest BCUT2D eigenvalue weighted by atomic mass is 16.2. The van der Waals surface area contributed by atoms with Crippen LogP contribution in [0.2, 0.25) is 0 Å². The first-order chi connectivity index (χ1) is 14.7. The third kappa shape index (κ3) is 4.57. The number of hydrogen-bond donors (Lipinski definition) is 1. The minimum absolute atomic E-state index is 0.131. The summed E-state index contributed by atoms with van der Waals surface area (Å²) in [4.78, 5) is 23.9. The second kappa shape index (κ2) is 9.18. The Kier molecular flexibility index (Phi) is 6.19. The molecule has 1 aromatic carbocycles. The van der Waals surface area contributed by atoms with E-state index in [-0.39, 0.29) is 5.91 Å². The van der Waals surface area contributed by atoms with Crippen molar-refractivity contribution in [2.45, 2.75) is 25.8 Å². The molecule has 1 amide bonds. The molecular weight excluding hydrogens is 372 g/mol. The van der Waals surface area contributed by atoms with E-state index in [0.717, 1.165) is 55.7 Å². The van der Waals surface area contributed by atoms with E-state index in [9.17, 15) is 4.79 Å². The van der Waals surface area contributed by atoms with Gasteiger partial charge in [0.25, 0.3) is 0 Å². The van der Waals surface area contributed by atoms with Gasteiger partial charge in [-0.2, -0.15) is 0 Å². The molecule has 154 valence electrons.